The molecule has 2 atom stereocenters. The molecule has 102 valence electrons. The first kappa shape index (κ1) is 14.1. The summed E-state index contributed by atoms with van der Waals surface area (Å²) in [7, 11) is 0. The first-order valence-electron chi connectivity index (χ1n) is 6.77. The number of hydrogen-bond donors (Lipinski definition) is 1. The molecule has 0 radical (unpaired) electrons. The molecule has 2 unspecified atom stereocenters. The number of hydrogen-bond acceptors (Lipinski definition) is 3. The van der Waals surface area contributed by atoms with Crippen LogP contribution < -0.4 is 10.5 Å². The number of thiophene rings is 1. The van der Waals surface area contributed by atoms with Crippen molar-refractivity contribution in [2.75, 3.05) is 0 Å². The van der Waals surface area contributed by atoms with E-state index in [9.17, 15) is 0 Å². The van der Waals surface area contributed by atoms with E-state index < -0.39 is 0 Å². The highest BCUT2D eigenvalue weighted by molar-refractivity contribution is 7.07. The Kier molecular flexibility index (Phi) is 5.00. The second-order valence-corrected chi connectivity index (χ2v) is 5.44. The van der Waals surface area contributed by atoms with Gasteiger partial charge in [0.25, 0.3) is 0 Å². The van der Waals surface area contributed by atoms with Crippen molar-refractivity contribution in [3.63, 3.8) is 0 Å². The van der Waals surface area contributed by atoms with Gasteiger partial charge in [-0.3, -0.25) is 0 Å². The van der Waals surface area contributed by atoms with Crippen molar-refractivity contribution in [3.8, 4) is 5.75 Å². The van der Waals surface area contributed by atoms with E-state index in [4.69, 9.17) is 10.5 Å². The summed E-state index contributed by atoms with van der Waals surface area (Å²) in [5.41, 5.74) is 8.68. The Hall–Kier alpha value is -1.32. The van der Waals surface area contributed by atoms with Crippen LogP contribution in [0.4, 0.5) is 0 Å². The molecule has 0 fully saturated rings. The lowest BCUT2D eigenvalue weighted by Gasteiger charge is -2.23. The van der Waals surface area contributed by atoms with Gasteiger partial charge in [0.2, 0.25) is 0 Å². The lowest BCUT2D eigenvalue weighted by Crippen LogP contribution is -2.31. The molecule has 0 aliphatic carbocycles. The summed E-state index contributed by atoms with van der Waals surface area (Å²) in [5, 5.41) is 4.18. The van der Waals surface area contributed by atoms with Gasteiger partial charge in [-0.1, -0.05) is 26.0 Å². The van der Waals surface area contributed by atoms with Crippen LogP contribution in [0, 0.1) is 0 Å². The molecule has 1 aromatic heterocycles. The average molecular weight is 275 g/mol. The highest BCUT2D eigenvalue weighted by atomic mass is 32.1. The minimum Gasteiger partial charge on any atom is -0.484 e. The van der Waals surface area contributed by atoms with Crippen LogP contribution in [-0.4, -0.2) is 6.04 Å². The van der Waals surface area contributed by atoms with Gasteiger partial charge in [0.05, 0.1) is 0 Å². The molecule has 2 N–H and O–H groups in total. The van der Waals surface area contributed by atoms with Gasteiger partial charge in [-0.15, -0.1) is 0 Å². The largest absolute Gasteiger partial charge is 0.484 e. The molecule has 0 amide bonds. The van der Waals surface area contributed by atoms with Crippen LogP contribution in [0.5, 0.6) is 5.75 Å². The van der Waals surface area contributed by atoms with E-state index in [1.165, 1.54) is 11.1 Å². The van der Waals surface area contributed by atoms with E-state index in [1.807, 2.05) is 12.1 Å². The zero-order valence-electron chi connectivity index (χ0n) is 11.5. The molecule has 0 saturated carbocycles. The zero-order chi connectivity index (χ0) is 13.7. The average Bonchev–Trinajstić information content (AvgIpc) is 2.98. The second kappa shape index (κ2) is 6.73. The SMILES string of the molecule is CCc1ccc(OC(c2ccsc2)C(N)CC)cc1. The first-order chi connectivity index (χ1) is 9.24. The normalized spacial score (nSPS) is 14.1. The van der Waals surface area contributed by atoms with Gasteiger partial charge in [0.1, 0.15) is 11.9 Å². The molecule has 2 aromatic rings. The van der Waals surface area contributed by atoms with Gasteiger partial charge >= 0.3 is 0 Å². The number of aryl methyl sites for hydroxylation is 1. The molecule has 1 aromatic carbocycles. The molecule has 1 heterocycles. The summed E-state index contributed by atoms with van der Waals surface area (Å²) in [4.78, 5) is 0. The van der Waals surface area contributed by atoms with Crippen molar-refractivity contribution in [2.24, 2.45) is 5.73 Å². The predicted molar refractivity (Wildman–Crippen MR) is 81.8 cm³/mol. The smallest absolute Gasteiger partial charge is 0.140 e. The maximum atomic E-state index is 6.19. The minimum absolute atomic E-state index is 0.0143. The standard InChI is InChI=1S/C16H21NOS/c1-3-12-5-7-14(8-6-12)18-16(15(17)4-2)13-9-10-19-11-13/h5-11,15-16H,3-4,17H2,1-2H3. The molecule has 0 bridgehead atoms. The quantitative estimate of drug-likeness (QED) is 0.859. The summed E-state index contributed by atoms with van der Waals surface area (Å²) >= 11 is 1.68. The van der Waals surface area contributed by atoms with E-state index >= 15 is 0 Å². The Bertz CT molecular complexity index is 478. The second-order valence-electron chi connectivity index (χ2n) is 4.66. The molecule has 2 nitrogen and oxygen atoms in total. The van der Waals surface area contributed by atoms with Crippen molar-refractivity contribution in [3.05, 3.63) is 52.2 Å². The van der Waals surface area contributed by atoms with Crippen LogP contribution in [0.2, 0.25) is 0 Å². The zero-order valence-corrected chi connectivity index (χ0v) is 12.3. The Morgan fingerprint density at radius 3 is 2.42 bits per heavy atom. The molecule has 0 spiro atoms. The molecule has 2 rings (SSSR count). The Balaban J connectivity index is 2.15. The lowest BCUT2D eigenvalue weighted by molar-refractivity contribution is 0.171. The van der Waals surface area contributed by atoms with Crippen LogP contribution in [0.3, 0.4) is 0 Å². The maximum absolute atomic E-state index is 6.19. The number of nitrogens with two attached hydrogens (primary N) is 1. The third-order valence-corrected chi connectivity index (χ3v) is 4.03. The van der Waals surface area contributed by atoms with E-state index in [-0.39, 0.29) is 12.1 Å². The summed E-state index contributed by atoms with van der Waals surface area (Å²) in [5.74, 6) is 0.886. The molecule has 19 heavy (non-hydrogen) atoms. The van der Waals surface area contributed by atoms with Gasteiger partial charge in [-0.25, -0.2) is 0 Å². The van der Waals surface area contributed by atoms with Crippen LogP contribution in [0.25, 0.3) is 0 Å². The van der Waals surface area contributed by atoms with Gasteiger partial charge in [0.15, 0.2) is 0 Å². The molecule has 0 aliphatic rings. The third-order valence-electron chi connectivity index (χ3n) is 3.33. The van der Waals surface area contributed by atoms with Crippen molar-refractivity contribution in [2.45, 2.75) is 38.8 Å². The highest BCUT2D eigenvalue weighted by Crippen LogP contribution is 2.27. The Labute approximate surface area is 119 Å². The van der Waals surface area contributed by atoms with Crippen LogP contribution >= 0.6 is 11.3 Å². The fourth-order valence-corrected chi connectivity index (χ4v) is 2.69. The van der Waals surface area contributed by atoms with E-state index in [2.05, 4.69) is 42.8 Å². The molecular formula is C16H21NOS. The Morgan fingerprint density at radius 2 is 1.89 bits per heavy atom. The van der Waals surface area contributed by atoms with Crippen LogP contribution in [-0.2, 0) is 6.42 Å². The van der Waals surface area contributed by atoms with Crippen molar-refractivity contribution < 1.29 is 4.74 Å². The van der Waals surface area contributed by atoms with Crippen LogP contribution in [0.1, 0.15) is 37.5 Å². The van der Waals surface area contributed by atoms with Crippen molar-refractivity contribution >= 4 is 11.3 Å². The monoisotopic (exact) mass is 275 g/mol. The summed E-state index contributed by atoms with van der Waals surface area (Å²) in [6, 6.07) is 10.4. The topological polar surface area (TPSA) is 35.2 Å². The highest BCUT2D eigenvalue weighted by Gasteiger charge is 2.20. The number of ether oxygens (including phenoxy) is 1. The fraction of sp³-hybridized carbons (Fsp3) is 0.375. The fourth-order valence-electron chi connectivity index (χ4n) is 2.00. The number of rotatable bonds is 6. The molecule has 0 aliphatic heterocycles. The summed E-state index contributed by atoms with van der Waals surface area (Å²) in [6.07, 6.45) is 1.87. The van der Waals surface area contributed by atoms with E-state index in [0.29, 0.717) is 0 Å². The van der Waals surface area contributed by atoms with Gasteiger partial charge in [-0.2, -0.15) is 11.3 Å². The molecule has 0 saturated heterocycles. The third kappa shape index (κ3) is 3.58. The maximum Gasteiger partial charge on any atom is 0.140 e. The Morgan fingerprint density at radius 1 is 1.16 bits per heavy atom. The van der Waals surface area contributed by atoms with Crippen molar-refractivity contribution in [1.29, 1.82) is 0 Å². The van der Waals surface area contributed by atoms with E-state index in [0.717, 1.165) is 18.6 Å². The molecule has 3 heteroatoms. The van der Waals surface area contributed by atoms with E-state index in [1.54, 1.807) is 11.3 Å². The predicted octanol–water partition coefficient (Wildman–Crippen LogP) is 4.17. The van der Waals surface area contributed by atoms with Gasteiger partial charge < -0.3 is 10.5 Å². The minimum atomic E-state index is -0.0660. The van der Waals surface area contributed by atoms with Crippen LogP contribution in [0.15, 0.2) is 41.1 Å². The summed E-state index contributed by atoms with van der Waals surface area (Å²) in [6.45, 7) is 4.24. The first-order valence-corrected chi connectivity index (χ1v) is 7.72. The van der Waals surface area contributed by atoms with Gasteiger partial charge in [-0.05, 0) is 47.4 Å². The summed E-state index contributed by atoms with van der Waals surface area (Å²) < 4.78 is 6.09. The lowest BCUT2D eigenvalue weighted by atomic mass is 10.0. The molecular weight excluding hydrogens is 254 g/mol. The number of benzene rings is 1. The van der Waals surface area contributed by atoms with Crippen molar-refractivity contribution in [1.82, 2.24) is 0 Å². The van der Waals surface area contributed by atoms with Gasteiger partial charge in [0, 0.05) is 11.6 Å².